The number of hydrogen-bond acceptors (Lipinski definition) is 11. The molecule has 324 valence electrons. The van der Waals surface area contributed by atoms with E-state index in [0.717, 1.165) is 5.69 Å². The number of rotatable bonds is 10. The van der Waals surface area contributed by atoms with Gasteiger partial charge in [0.1, 0.15) is 11.4 Å². The van der Waals surface area contributed by atoms with Crippen molar-refractivity contribution in [2.45, 2.75) is 136 Å². The van der Waals surface area contributed by atoms with Crippen LogP contribution in [0.4, 0.5) is 0 Å². The highest BCUT2D eigenvalue weighted by Crippen LogP contribution is 2.10. The number of amides is 1. The SMILES string of the molecule is C.C.C.C.C.CCC(=O)C1=CCC(=O)C=C1.CCC(=O)C1CCC(=O)N1.CCC(=O)c1ccc[nH]c1=O.CCC(=O)c1cn(C)cn1.CCC(=O)c1cnc(C)cn1. The molecular weight excluding hydrogens is 741 g/mol. The predicted octanol–water partition coefficient (Wildman–Crippen LogP) is 8.20. The molecule has 5 rings (SSSR count). The van der Waals surface area contributed by atoms with Gasteiger partial charge in [0.05, 0.1) is 29.8 Å². The molecule has 1 aliphatic heterocycles. The topological polar surface area (TPSA) is 208 Å². The zero-order valence-corrected chi connectivity index (χ0v) is 31.6. The van der Waals surface area contributed by atoms with Crippen molar-refractivity contribution in [2.24, 2.45) is 7.05 Å². The van der Waals surface area contributed by atoms with Gasteiger partial charge in [0.2, 0.25) is 5.91 Å². The second-order valence-corrected chi connectivity index (χ2v) is 11.6. The third-order valence-corrected chi connectivity index (χ3v) is 7.49. The second-order valence-electron chi connectivity index (χ2n) is 11.6. The molecule has 3 aromatic heterocycles. The zero-order valence-electron chi connectivity index (χ0n) is 31.6. The van der Waals surface area contributed by atoms with E-state index in [0.29, 0.717) is 68.3 Å². The van der Waals surface area contributed by atoms with Crippen LogP contribution in [0.2, 0.25) is 0 Å². The summed E-state index contributed by atoms with van der Waals surface area (Å²) in [4.78, 5) is 101. The molecule has 2 aliphatic rings. The van der Waals surface area contributed by atoms with E-state index in [4.69, 9.17) is 0 Å². The number of allylic oxidation sites excluding steroid dienone is 4. The second kappa shape index (κ2) is 33.4. The fourth-order valence-electron chi connectivity index (χ4n) is 4.33. The highest BCUT2D eigenvalue weighted by molar-refractivity contribution is 6.03. The van der Waals surface area contributed by atoms with Crippen LogP contribution in [-0.4, -0.2) is 71.2 Å². The van der Waals surface area contributed by atoms with E-state index in [1.165, 1.54) is 24.5 Å². The Morgan fingerprint density at radius 1 is 0.741 bits per heavy atom. The lowest BCUT2D eigenvalue weighted by atomic mass is 10.0. The maximum Gasteiger partial charge on any atom is 0.258 e. The van der Waals surface area contributed by atoms with E-state index < -0.39 is 0 Å². The summed E-state index contributed by atoms with van der Waals surface area (Å²) in [6, 6.07) is 2.99. The molecule has 1 fully saturated rings. The summed E-state index contributed by atoms with van der Waals surface area (Å²) in [6.07, 6.45) is 16.7. The van der Waals surface area contributed by atoms with Crippen LogP contribution in [0, 0.1) is 6.92 Å². The number of aromatic amines is 1. The number of ketones is 6. The molecule has 14 nitrogen and oxygen atoms in total. The molecule has 14 heteroatoms. The molecule has 4 heterocycles. The highest BCUT2D eigenvalue weighted by Gasteiger charge is 2.25. The number of aryl methyl sites for hydroxylation is 2. The van der Waals surface area contributed by atoms with Gasteiger partial charge in [-0.25, -0.2) is 9.97 Å². The summed E-state index contributed by atoms with van der Waals surface area (Å²) >= 11 is 0. The van der Waals surface area contributed by atoms with E-state index >= 15 is 0 Å². The molecule has 3 aromatic rings. The zero-order chi connectivity index (χ0) is 39.9. The normalized spacial score (nSPS) is 12.7. The first-order valence-corrected chi connectivity index (χ1v) is 17.5. The summed E-state index contributed by atoms with van der Waals surface area (Å²) in [7, 11) is 1.85. The molecule has 58 heavy (non-hydrogen) atoms. The molecular formula is C44H70N6O8. The third-order valence-electron chi connectivity index (χ3n) is 7.49. The predicted molar refractivity (Wildman–Crippen MR) is 233 cm³/mol. The van der Waals surface area contributed by atoms with Crippen LogP contribution >= 0.6 is 0 Å². The number of carbonyl (C=O) groups excluding carboxylic acids is 7. The lowest BCUT2D eigenvalue weighted by Crippen LogP contribution is -2.32. The van der Waals surface area contributed by atoms with Gasteiger partial charge in [-0.05, 0) is 37.6 Å². The van der Waals surface area contributed by atoms with Crippen molar-refractivity contribution >= 4 is 40.6 Å². The number of imidazole rings is 1. The minimum atomic E-state index is -0.306. The number of Topliss-reactive ketones (excluding diaryl/α,β-unsaturated/α-hetero) is 5. The minimum Gasteiger partial charge on any atom is -0.346 e. The first kappa shape index (κ1) is 61.4. The van der Waals surface area contributed by atoms with Gasteiger partial charge in [-0.2, -0.15) is 0 Å². The first-order chi connectivity index (χ1) is 25.2. The maximum absolute atomic E-state index is 11.0. The molecule has 1 aliphatic carbocycles. The van der Waals surface area contributed by atoms with Gasteiger partial charge in [0, 0.05) is 76.2 Å². The number of hydrogen-bond donors (Lipinski definition) is 2. The largest absolute Gasteiger partial charge is 0.346 e. The summed E-state index contributed by atoms with van der Waals surface area (Å²) in [5.74, 6) is 0.342. The highest BCUT2D eigenvalue weighted by atomic mass is 16.2. The van der Waals surface area contributed by atoms with Crippen molar-refractivity contribution < 1.29 is 33.6 Å². The Morgan fingerprint density at radius 3 is 1.74 bits per heavy atom. The van der Waals surface area contributed by atoms with Crippen LogP contribution in [0.1, 0.15) is 160 Å². The van der Waals surface area contributed by atoms with E-state index in [-0.39, 0.29) is 94.9 Å². The smallest absolute Gasteiger partial charge is 0.258 e. The van der Waals surface area contributed by atoms with Crippen LogP contribution < -0.4 is 10.9 Å². The Kier molecular flexibility index (Phi) is 35.3. The van der Waals surface area contributed by atoms with Crippen LogP contribution in [0.15, 0.2) is 71.8 Å². The summed E-state index contributed by atoms with van der Waals surface area (Å²) < 4.78 is 1.77. The summed E-state index contributed by atoms with van der Waals surface area (Å²) in [5, 5.41) is 2.62. The molecule has 2 N–H and O–H groups in total. The molecule has 0 bridgehead atoms. The number of carbonyl (C=O) groups is 7. The average Bonchev–Trinajstić information content (AvgIpc) is 3.83. The maximum atomic E-state index is 11.0. The fraction of sp³-hybridized carbons (Fsp3) is 0.477. The van der Waals surface area contributed by atoms with Crippen molar-refractivity contribution in [1.82, 2.24) is 29.8 Å². The quantitative estimate of drug-likeness (QED) is 0.187. The average molecular weight is 811 g/mol. The number of H-pyrrole nitrogens is 1. The first-order valence-electron chi connectivity index (χ1n) is 17.5. The van der Waals surface area contributed by atoms with Crippen LogP contribution in [0.3, 0.4) is 0 Å². The molecule has 0 aromatic carbocycles. The van der Waals surface area contributed by atoms with Crippen LogP contribution in [0.25, 0.3) is 0 Å². The molecule has 0 saturated carbocycles. The van der Waals surface area contributed by atoms with E-state index in [9.17, 15) is 38.4 Å². The standard InChI is InChI=1S/C9H10O2.C8H10N2O.C8H9NO2.C7H10N2O.C7H11NO2.5CH4/c1-2-9(11)7-3-5-8(10)6-4-7;1-3-8(11)7-5-9-6(2)4-10-7;1-2-7(10)6-4-3-5-9-8(6)11;1-3-7(10)6-4-9(2)5-8-6;1-2-6(9)5-3-4-7(10)8-5;;;;;/h3-5H,2,6H2,1H3;4-5H,3H2,1-2H3;3-5H,2H2,1H3,(H,9,11);4-5H,3H2,1-2H3;5H,2-4H2,1H3,(H,8,10);5*1H4. The Balaban J connectivity index is -0.000000198. The van der Waals surface area contributed by atoms with Gasteiger partial charge >= 0.3 is 0 Å². The third kappa shape index (κ3) is 22.7. The number of nitrogens with zero attached hydrogens (tertiary/aromatic N) is 4. The van der Waals surface area contributed by atoms with E-state index in [1.54, 1.807) is 48.4 Å². The van der Waals surface area contributed by atoms with Gasteiger partial charge in [0.25, 0.3) is 5.56 Å². The van der Waals surface area contributed by atoms with Crippen molar-refractivity contribution in [3.05, 3.63) is 100 Å². The van der Waals surface area contributed by atoms with Crippen molar-refractivity contribution in [3.8, 4) is 0 Å². The van der Waals surface area contributed by atoms with Gasteiger partial charge in [0.15, 0.2) is 34.7 Å². The van der Waals surface area contributed by atoms with Crippen molar-refractivity contribution in [1.29, 1.82) is 0 Å². The van der Waals surface area contributed by atoms with Crippen molar-refractivity contribution in [3.63, 3.8) is 0 Å². The summed E-state index contributed by atoms with van der Waals surface area (Å²) in [6.45, 7) is 10.8. The van der Waals surface area contributed by atoms with Gasteiger partial charge in [-0.1, -0.05) is 77.8 Å². The fourth-order valence-corrected chi connectivity index (χ4v) is 4.33. The number of pyridine rings is 1. The number of nitrogens with one attached hydrogen (secondary N) is 2. The molecule has 1 unspecified atom stereocenters. The van der Waals surface area contributed by atoms with Crippen LogP contribution in [-0.2, 0) is 26.2 Å². The van der Waals surface area contributed by atoms with E-state index in [1.807, 2.05) is 41.7 Å². The Labute approximate surface area is 346 Å². The van der Waals surface area contributed by atoms with Gasteiger partial charge in [-0.3, -0.25) is 43.3 Å². The molecule has 1 amide bonds. The Bertz CT molecular complexity index is 1840. The molecule has 1 saturated heterocycles. The monoisotopic (exact) mass is 811 g/mol. The lowest BCUT2D eigenvalue weighted by molar-refractivity contribution is -0.124. The molecule has 1 atom stereocenters. The van der Waals surface area contributed by atoms with Gasteiger partial charge in [-0.15, -0.1) is 0 Å². The van der Waals surface area contributed by atoms with Gasteiger partial charge < -0.3 is 14.9 Å². The Morgan fingerprint density at radius 2 is 1.33 bits per heavy atom. The summed E-state index contributed by atoms with van der Waals surface area (Å²) in [5.41, 5.74) is 2.46. The Hall–Kier alpha value is -5.79. The minimum absolute atomic E-state index is 0. The molecule has 0 spiro atoms. The van der Waals surface area contributed by atoms with Crippen LogP contribution in [0.5, 0.6) is 0 Å². The lowest BCUT2D eigenvalue weighted by Gasteiger charge is -2.04. The number of aromatic nitrogens is 5. The van der Waals surface area contributed by atoms with Crippen molar-refractivity contribution in [2.75, 3.05) is 0 Å². The molecule has 0 radical (unpaired) electrons. The van der Waals surface area contributed by atoms with E-state index in [2.05, 4.69) is 25.3 Å².